The lowest BCUT2D eigenvalue weighted by molar-refractivity contribution is 0.953. The largest absolute Gasteiger partial charge is 0.173 e. The van der Waals surface area contributed by atoms with E-state index in [1.54, 1.807) is 0 Å². The van der Waals surface area contributed by atoms with Gasteiger partial charge in [-0.3, -0.25) is 0 Å². The van der Waals surface area contributed by atoms with E-state index in [4.69, 9.17) is 0 Å². The molecule has 0 aromatic carbocycles. The fourth-order valence-corrected chi connectivity index (χ4v) is 1.51. The lowest BCUT2D eigenvalue weighted by Gasteiger charge is -1.90. The Hall–Kier alpha value is -0.960. The molecule has 0 unspecified atom stereocenters. The summed E-state index contributed by atoms with van der Waals surface area (Å²) >= 11 is 1.26. The van der Waals surface area contributed by atoms with Gasteiger partial charge in [0.05, 0.1) is 11.7 Å². The van der Waals surface area contributed by atoms with E-state index < -0.39 is 0 Å². The van der Waals surface area contributed by atoms with Gasteiger partial charge in [-0.05, 0) is 18.1 Å². The maximum atomic E-state index is 4.14. The molecule has 0 spiro atoms. The van der Waals surface area contributed by atoms with Crippen LogP contribution in [0.5, 0.6) is 0 Å². The second-order valence-electron chi connectivity index (χ2n) is 2.61. The molecule has 3 heteroatoms. The molecule has 0 bridgehead atoms. The molecule has 0 radical (unpaired) electrons. The average Bonchev–Trinajstić information content (AvgIpc) is 2.38. The van der Waals surface area contributed by atoms with Crippen molar-refractivity contribution in [1.29, 1.82) is 0 Å². The smallest absolute Gasteiger partial charge is 0.104 e. The summed E-state index contributed by atoms with van der Waals surface area (Å²) in [4.78, 5) is 0. The van der Waals surface area contributed by atoms with Gasteiger partial charge >= 0.3 is 0 Å². The molecule has 0 aliphatic heterocycles. The number of allylic oxidation sites excluding steroid dienone is 2. The van der Waals surface area contributed by atoms with Gasteiger partial charge in [0.2, 0.25) is 0 Å². The molecule has 0 saturated carbocycles. The van der Waals surface area contributed by atoms with E-state index >= 15 is 0 Å². The van der Waals surface area contributed by atoms with E-state index in [-0.39, 0.29) is 0 Å². The average molecular weight is 164 g/mol. The van der Waals surface area contributed by atoms with Gasteiger partial charge in [0.1, 0.15) is 11.4 Å². The van der Waals surface area contributed by atoms with Crippen molar-refractivity contribution >= 4 is 23.9 Å². The standard InChI is InChI=1S/C8H8N2S/c1-6-2-4-7-8(5-3-6)10-11-9-7/h2-6H,1H3. The summed E-state index contributed by atoms with van der Waals surface area (Å²) < 4.78 is 8.29. The zero-order chi connectivity index (χ0) is 7.68. The SMILES string of the molecule is CC1C=Cc2nsnc2C=C1. The van der Waals surface area contributed by atoms with Gasteiger partial charge in [0.25, 0.3) is 0 Å². The molecule has 1 aliphatic carbocycles. The van der Waals surface area contributed by atoms with E-state index in [0.29, 0.717) is 5.92 Å². The van der Waals surface area contributed by atoms with Crippen molar-refractivity contribution in [1.82, 2.24) is 8.75 Å². The van der Waals surface area contributed by atoms with Crippen LogP contribution in [-0.2, 0) is 0 Å². The van der Waals surface area contributed by atoms with Crippen LogP contribution >= 0.6 is 11.7 Å². The molecule has 1 heterocycles. The fraction of sp³-hybridized carbons (Fsp3) is 0.250. The van der Waals surface area contributed by atoms with Gasteiger partial charge in [0.15, 0.2) is 0 Å². The molecule has 1 aromatic heterocycles. The highest BCUT2D eigenvalue weighted by Gasteiger charge is 2.04. The zero-order valence-electron chi connectivity index (χ0n) is 6.19. The highest BCUT2D eigenvalue weighted by Crippen LogP contribution is 2.16. The topological polar surface area (TPSA) is 25.8 Å². The molecule has 0 atom stereocenters. The first-order valence-electron chi connectivity index (χ1n) is 3.55. The van der Waals surface area contributed by atoms with E-state index in [1.165, 1.54) is 11.7 Å². The third-order valence-corrected chi connectivity index (χ3v) is 2.21. The lowest BCUT2D eigenvalue weighted by atomic mass is 10.2. The number of hydrogen-bond acceptors (Lipinski definition) is 3. The molecule has 56 valence electrons. The van der Waals surface area contributed by atoms with E-state index in [0.717, 1.165) is 11.4 Å². The molecule has 0 N–H and O–H groups in total. The second kappa shape index (κ2) is 2.58. The predicted octanol–water partition coefficient (Wildman–Crippen LogP) is 2.21. The van der Waals surface area contributed by atoms with Gasteiger partial charge in [-0.25, -0.2) is 0 Å². The summed E-state index contributed by atoms with van der Waals surface area (Å²) in [7, 11) is 0. The summed E-state index contributed by atoms with van der Waals surface area (Å²) in [6.45, 7) is 2.14. The van der Waals surface area contributed by atoms with Crippen molar-refractivity contribution < 1.29 is 0 Å². The number of aromatic nitrogens is 2. The third-order valence-electron chi connectivity index (χ3n) is 1.66. The molecule has 2 nitrogen and oxygen atoms in total. The van der Waals surface area contributed by atoms with Crippen LogP contribution in [0.3, 0.4) is 0 Å². The zero-order valence-corrected chi connectivity index (χ0v) is 7.01. The van der Waals surface area contributed by atoms with Crippen molar-refractivity contribution in [3.05, 3.63) is 23.5 Å². The van der Waals surface area contributed by atoms with Crippen molar-refractivity contribution in [3.8, 4) is 0 Å². The Balaban J connectivity index is 2.48. The highest BCUT2D eigenvalue weighted by atomic mass is 32.1. The van der Waals surface area contributed by atoms with Crippen LogP contribution in [0.4, 0.5) is 0 Å². The Morgan fingerprint density at radius 3 is 2.27 bits per heavy atom. The molecule has 0 fully saturated rings. The minimum absolute atomic E-state index is 0.496. The first-order valence-corrected chi connectivity index (χ1v) is 4.28. The van der Waals surface area contributed by atoms with Gasteiger partial charge < -0.3 is 0 Å². The maximum Gasteiger partial charge on any atom is 0.104 e. The van der Waals surface area contributed by atoms with Crippen LogP contribution in [0.2, 0.25) is 0 Å². The van der Waals surface area contributed by atoms with Gasteiger partial charge in [-0.15, -0.1) is 0 Å². The first kappa shape index (κ1) is 6.73. The molecule has 11 heavy (non-hydrogen) atoms. The molecular formula is C8H8N2S. The quantitative estimate of drug-likeness (QED) is 0.587. The van der Waals surface area contributed by atoms with Gasteiger partial charge in [0, 0.05) is 0 Å². The Kier molecular flexibility index (Phi) is 1.58. The number of hydrogen-bond donors (Lipinski definition) is 0. The van der Waals surface area contributed by atoms with E-state index in [1.807, 2.05) is 12.2 Å². The van der Waals surface area contributed by atoms with Crippen molar-refractivity contribution in [2.75, 3.05) is 0 Å². The van der Waals surface area contributed by atoms with E-state index in [2.05, 4.69) is 27.8 Å². The number of fused-ring (bicyclic) bond motifs is 1. The van der Waals surface area contributed by atoms with Crippen molar-refractivity contribution in [3.63, 3.8) is 0 Å². The summed E-state index contributed by atoms with van der Waals surface area (Å²) in [5.74, 6) is 0.496. The molecule has 0 saturated heterocycles. The van der Waals surface area contributed by atoms with Gasteiger partial charge in [-0.2, -0.15) is 8.75 Å². The normalized spacial score (nSPS) is 16.5. The lowest BCUT2D eigenvalue weighted by Crippen LogP contribution is -1.77. The van der Waals surface area contributed by atoms with Crippen molar-refractivity contribution in [2.45, 2.75) is 6.92 Å². The Morgan fingerprint density at radius 2 is 1.73 bits per heavy atom. The molecule has 2 rings (SSSR count). The van der Waals surface area contributed by atoms with Crippen molar-refractivity contribution in [2.24, 2.45) is 5.92 Å². The maximum absolute atomic E-state index is 4.14. The molecule has 1 aromatic rings. The second-order valence-corrected chi connectivity index (χ2v) is 3.14. The predicted molar refractivity (Wildman–Crippen MR) is 47.1 cm³/mol. The van der Waals surface area contributed by atoms with Crippen LogP contribution in [0.15, 0.2) is 12.2 Å². The molecular weight excluding hydrogens is 156 g/mol. The minimum atomic E-state index is 0.496. The van der Waals surface area contributed by atoms with Crippen LogP contribution in [0, 0.1) is 5.92 Å². The summed E-state index contributed by atoms with van der Waals surface area (Å²) in [5.41, 5.74) is 1.99. The third kappa shape index (κ3) is 1.24. The summed E-state index contributed by atoms with van der Waals surface area (Å²) in [6.07, 6.45) is 8.32. The monoisotopic (exact) mass is 164 g/mol. The summed E-state index contributed by atoms with van der Waals surface area (Å²) in [5, 5.41) is 0. The molecule has 0 amide bonds. The summed E-state index contributed by atoms with van der Waals surface area (Å²) in [6, 6.07) is 0. The number of rotatable bonds is 0. The number of nitrogens with zero attached hydrogens (tertiary/aromatic N) is 2. The Bertz CT molecular complexity index is 283. The van der Waals surface area contributed by atoms with Crippen LogP contribution < -0.4 is 0 Å². The molecule has 1 aliphatic rings. The fourth-order valence-electron chi connectivity index (χ4n) is 0.984. The Labute approximate surface area is 69.6 Å². The van der Waals surface area contributed by atoms with Crippen LogP contribution in [0.1, 0.15) is 18.3 Å². The Morgan fingerprint density at radius 1 is 1.18 bits per heavy atom. The highest BCUT2D eigenvalue weighted by molar-refractivity contribution is 6.99. The van der Waals surface area contributed by atoms with E-state index in [9.17, 15) is 0 Å². The van der Waals surface area contributed by atoms with Crippen LogP contribution in [-0.4, -0.2) is 8.75 Å². The minimum Gasteiger partial charge on any atom is -0.173 e. The van der Waals surface area contributed by atoms with Crippen LogP contribution in [0.25, 0.3) is 12.2 Å². The van der Waals surface area contributed by atoms with Gasteiger partial charge in [-0.1, -0.05) is 19.1 Å². The first-order chi connectivity index (χ1) is 5.36.